The number of hydrogen-bond acceptors (Lipinski definition) is 5. The minimum atomic E-state index is -0.111. The summed E-state index contributed by atoms with van der Waals surface area (Å²) in [6, 6.07) is 14.4. The maximum absolute atomic E-state index is 12.0. The van der Waals surface area contributed by atoms with Gasteiger partial charge in [-0.1, -0.05) is 41.0 Å². The number of ether oxygens (including phenoxy) is 1. The summed E-state index contributed by atoms with van der Waals surface area (Å²) in [5, 5.41) is 12.7. The molecule has 3 aromatic rings. The van der Waals surface area contributed by atoms with E-state index in [1.165, 1.54) is 11.8 Å². The van der Waals surface area contributed by atoms with Gasteiger partial charge in [-0.05, 0) is 42.5 Å². The average molecular weight is 423 g/mol. The molecule has 0 saturated carbocycles. The molecule has 0 unspecified atom stereocenters. The SMILES string of the molecule is O=C(CSc1nncn1-c1cccc(Cl)c1)NCCOc1ccc(Cl)cc1. The van der Waals surface area contributed by atoms with E-state index in [9.17, 15) is 4.79 Å². The van der Waals surface area contributed by atoms with Crippen LogP contribution in [0, 0.1) is 0 Å². The van der Waals surface area contributed by atoms with Crippen LogP contribution in [0.2, 0.25) is 10.0 Å². The van der Waals surface area contributed by atoms with Crippen LogP contribution in [0.5, 0.6) is 5.75 Å². The van der Waals surface area contributed by atoms with Crippen LogP contribution in [0.4, 0.5) is 0 Å². The summed E-state index contributed by atoms with van der Waals surface area (Å²) in [5.74, 6) is 0.818. The highest BCUT2D eigenvalue weighted by atomic mass is 35.5. The zero-order chi connectivity index (χ0) is 19.1. The van der Waals surface area contributed by atoms with Crippen LogP contribution in [0.25, 0.3) is 5.69 Å². The van der Waals surface area contributed by atoms with Crippen LogP contribution in [0.1, 0.15) is 0 Å². The number of carbonyl (C=O) groups excluding carboxylic acids is 1. The van der Waals surface area contributed by atoms with E-state index in [1.54, 1.807) is 41.2 Å². The number of thioether (sulfide) groups is 1. The van der Waals surface area contributed by atoms with E-state index in [4.69, 9.17) is 27.9 Å². The first kappa shape index (κ1) is 19.5. The van der Waals surface area contributed by atoms with Gasteiger partial charge in [0.1, 0.15) is 18.7 Å². The number of halogens is 2. The molecule has 0 fully saturated rings. The number of carbonyl (C=O) groups is 1. The second-order valence-corrected chi connectivity index (χ2v) is 7.22. The van der Waals surface area contributed by atoms with Gasteiger partial charge in [0.05, 0.1) is 18.0 Å². The van der Waals surface area contributed by atoms with Crippen molar-refractivity contribution in [3.8, 4) is 11.4 Å². The number of benzene rings is 2. The summed E-state index contributed by atoms with van der Waals surface area (Å²) < 4.78 is 7.32. The summed E-state index contributed by atoms with van der Waals surface area (Å²) in [6.07, 6.45) is 1.59. The molecule has 6 nitrogen and oxygen atoms in total. The Hall–Kier alpha value is -2.22. The van der Waals surface area contributed by atoms with Crippen molar-refractivity contribution in [2.24, 2.45) is 0 Å². The van der Waals surface area contributed by atoms with Crippen LogP contribution >= 0.6 is 35.0 Å². The Bertz CT molecular complexity index is 902. The Morgan fingerprint density at radius 1 is 1.15 bits per heavy atom. The van der Waals surface area contributed by atoms with Crippen molar-refractivity contribution >= 4 is 40.9 Å². The first-order valence-corrected chi connectivity index (χ1v) is 9.80. The van der Waals surface area contributed by atoms with Gasteiger partial charge in [-0.15, -0.1) is 10.2 Å². The molecule has 9 heteroatoms. The summed E-state index contributed by atoms with van der Waals surface area (Å²) >= 11 is 13.1. The lowest BCUT2D eigenvalue weighted by Gasteiger charge is -2.08. The molecule has 0 radical (unpaired) electrons. The van der Waals surface area contributed by atoms with E-state index in [1.807, 2.05) is 18.2 Å². The number of nitrogens with one attached hydrogen (secondary N) is 1. The number of hydrogen-bond donors (Lipinski definition) is 1. The highest BCUT2D eigenvalue weighted by Crippen LogP contribution is 2.21. The van der Waals surface area contributed by atoms with Gasteiger partial charge in [-0.3, -0.25) is 9.36 Å². The van der Waals surface area contributed by atoms with E-state index in [0.29, 0.717) is 34.1 Å². The van der Waals surface area contributed by atoms with E-state index in [2.05, 4.69) is 15.5 Å². The quantitative estimate of drug-likeness (QED) is 0.440. The van der Waals surface area contributed by atoms with Gasteiger partial charge < -0.3 is 10.1 Å². The molecule has 1 heterocycles. The smallest absolute Gasteiger partial charge is 0.230 e. The molecule has 0 bridgehead atoms. The monoisotopic (exact) mass is 422 g/mol. The number of rotatable bonds is 8. The van der Waals surface area contributed by atoms with Crippen LogP contribution in [-0.2, 0) is 4.79 Å². The lowest BCUT2D eigenvalue weighted by Crippen LogP contribution is -2.29. The number of aromatic nitrogens is 3. The van der Waals surface area contributed by atoms with E-state index in [0.717, 1.165) is 5.69 Å². The fourth-order valence-corrected chi connectivity index (χ4v) is 3.27. The van der Waals surface area contributed by atoms with Crippen molar-refractivity contribution in [1.29, 1.82) is 0 Å². The maximum Gasteiger partial charge on any atom is 0.230 e. The third-order valence-electron chi connectivity index (χ3n) is 3.44. The molecule has 1 N–H and O–H groups in total. The van der Waals surface area contributed by atoms with Gasteiger partial charge in [0.15, 0.2) is 5.16 Å². The Kier molecular flexibility index (Phi) is 6.98. The minimum Gasteiger partial charge on any atom is -0.492 e. The molecule has 3 rings (SSSR count). The standard InChI is InChI=1S/C18H16Cl2N4O2S/c19-13-4-6-16(7-5-13)26-9-8-21-17(25)11-27-18-23-22-12-24(18)15-3-1-2-14(20)10-15/h1-7,10,12H,8-9,11H2,(H,21,25). The third kappa shape index (κ3) is 5.89. The molecular weight excluding hydrogens is 407 g/mol. The molecular formula is C18H16Cl2N4O2S. The topological polar surface area (TPSA) is 69.0 Å². The van der Waals surface area contributed by atoms with Crippen LogP contribution in [-0.4, -0.2) is 39.6 Å². The lowest BCUT2D eigenvalue weighted by atomic mass is 10.3. The van der Waals surface area contributed by atoms with Gasteiger partial charge in [-0.2, -0.15) is 0 Å². The molecule has 0 spiro atoms. The van der Waals surface area contributed by atoms with Crippen molar-refractivity contribution in [3.05, 3.63) is 64.9 Å². The van der Waals surface area contributed by atoms with Gasteiger partial charge in [0, 0.05) is 10.0 Å². The summed E-state index contributed by atoms with van der Waals surface area (Å²) in [7, 11) is 0. The molecule has 140 valence electrons. The molecule has 27 heavy (non-hydrogen) atoms. The van der Waals surface area contributed by atoms with Gasteiger partial charge >= 0.3 is 0 Å². The van der Waals surface area contributed by atoms with Crippen molar-refractivity contribution in [2.45, 2.75) is 5.16 Å². The molecule has 1 amide bonds. The lowest BCUT2D eigenvalue weighted by molar-refractivity contribution is -0.118. The average Bonchev–Trinajstić information content (AvgIpc) is 3.14. The van der Waals surface area contributed by atoms with Gasteiger partial charge in [0.25, 0.3) is 0 Å². The molecule has 0 saturated heterocycles. The minimum absolute atomic E-state index is 0.111. The Labute approximate surface area is 170 Å². The molecule has 0 aliphatic heterocycles. The predicted molar refractivity (Wildman–Crippen MR) is 107 cm³/mol. The first-order valence-electron chi connectivity index (χ1n) is 8.05. The van der Waals surface area contributed by atoms with E-state index < -0.39 is 0 Å². The van der Waals surface area contributed by atoms with E-state index in [-0.39, 0.29) is 11.7 Å². The van der Waals surface area contributed by atoms with Gasteiger partial charge in [-0.25, -0.2) is 0 Å². The Morgan fingerprint density at radius 2 is 1.96 bits per heavy atom. The maximum atomic E-state index is 12.0. The number of amides is 1. The van der Waals surface area contributed by atoms with E-state index >= 15 is 0 Å². The number of nitrogens with zero attached hydrogens (tertiary/aromatic N) is 3. The molecule has 2 aromatic carbocycles. The molecule has 1 aromatic heterocycles. The van der Waals surface area contributed by atoms with Crippen molar-refractivity contribution in [3.63, 3.8) is 0 Å². The Morgan fingerprint density at radius 3 is 2.74 bits per heavy atom. The summed E-state index contributed by atoms with van der Waals surface area (Å²) in [6.45, 7) is 0.778. The molecule has 0 aliphatic rings. The summed E-state index contributed by atoms with van der Waals surface area (Å²) in [4.78, 5) is 12.0. The molecule has 0 atom stereocenters. The highest BCUT2D eigenvalue weighted by molar-refractivity contribution is 7.99. The second kappa shape index (κ2) is 9.64. The Balaban J connectivity index is 1.43. The van der Waals surface area contributed by atoms with Crippen molar-refractivity contribution in [2.75, 3.05) is 18.9 Å². The second-order valence-electron chi connectivity index (χ2n) is 5.40. The van der Waals surface area contributed by atoms with Crippen LogP contribution < -0.4 is 10.1 Å². The van der Waals surface area contributed by atoms with Crippen molar-refractivity contribution in [1.82, 2.24) is 20.1 Å². The fraction of sp³-hybridized carbons (Fsp3) is 0.167. The zero-order valence-corrected chi connectivity index (χ0v) is 16.5. The normalized spacial score (nSPS) is 10.6. The largest absolute Gasteiger partial charge is 0.492 e. The first-order chi connectivity index (χ1) is 13.1. The highest BCUT2D eigenvalue weighted by Gasteiger charge is 2.10. The van der Waals surface area contributed by atoms with Crippen molar-refractivity contribution < 1.29 is 9.53 Å². The zero-order valence-electron chi connectivity index (χ0n) is 14.1. The summed E-state index contributed by atoms with van der Waals surface area (Å²) in [5.41, 5.74) is 0.840. The fourth-order valence-electron chi connectivity index (χ4n) is 2.20. The predicted octanol–water partition coefficient (Wildman–Crippen LogP) is 3.86. The van der Waals surface area contributed by atoms with Gasteiger partial charge in [0.2, 0.25) is 5.91 Å². The van der Waals surface area contributed by atoms with Crippen LogP contribution in [0.3, 0.4) is 0 Å². The molecule has 0 aliphatic carbocycles. The van der Waals surface area contributed by atoms with Crippen LogP contribution in [0.15, 0.2) is 60.0 Å². The third-order valence-corrected chi connectivity index (χ3v) is 4.87.